The Morgan fingerprint density at radius 2 is 1.75 bits per heavy atom. The van der Waals surface area contributed by atoms with Gasteiger partial charge in [-0.25, -0.2) is 0 Å². The lowest BCUT2D eigenvalue weighted by Crippen LogP contribution is -2.59. The van der Waals surface area contributed by atoms with E-state index in [-0.39, 0.29) is 29.0 Å². The Morgan fingerprint density at radius 1 is 1.00 bits per heavy atom. The molecule has 0 aromatic carbocycles. The van der Waals surface area contributed by atoms with Crippen molar-refractivity contribution in [3.63, 3.8) is 0 Å². The number of hydrogen-bond acceptors (Lipinski definition) is 3. The second kappa shape index (κ2) is 5.54. The van der Waals surface area contributed by atoms with Crippen molar-refractivity contribution in [1.82, 2.24) is 0 Å². The van der Waals surface area contributed by atoms with Crippen LogP contribution in [-0.2, 0) is 4.79 Å². The predicted molar refractivity (Wildman–Crippen MR) is 93.3 cm³/mol. The Kier molecular flexibility index (Phi) is 3.93. The van der Waals surface area contributed by atoms with Crippen LogP contribution in [0.3, 0.4) is 0 Å². The number of fused-ring (bicyclic) bond motifs is 5. The molecule has 9 atom stereocenters. The van der Waals surface area contributed by atoms with Gasteiger partial charge >= 0.3 is 0 Å². The molecular formula is C21H34O3. The van der Waals surface area contributed by atoms with Crippen molar-refractivity contribution in [2.75, 3.05) is 0 Å². The van der Waals surface area contributed by atoms with E-state index in [0.717, 1.165) is 38.5 Å². The Labute approximate surface area is 146 Å². The Morgan fingerprint density at radius 3 is 2.46 bits per heavy atom. The molecule has 0 aromatic rings. The molecule has 3 nitrogen and oxygen atoms in total. The molecule has 4 rings (SSSR count). The zero-order valence-corrected chi connectivity index (χ0v) is 15.5. The first-order valence-electron chi connectivity index (χ1n) is 10.1. The molecular weight excluding hydrogens is 300 g/mol. The van der Waals surface area contributed by atoms with Crippen molar-refractivity contribution >= 4 is 5.78 Å². The van der Waals surface area contributed by atoms with Crippen LogP contribution in [-0.4, -0.2) is 28.2 Å². The smallest absolute Gasteiger partial charge is 0.133 e. The first-order valence-corrected chi connectivity index (χ1v) is 10.1. The van der Waals surface area contributed by atoms with Crippen LogP contribution in [0.4, 0.5) is 0 Å². The zero-order valence-electron chi connectivity index (χ0n) is 15.5. The minimum Gasteiger partial charge on any atom is -0.393 e. The number of aliphatic hydroxyl groups is 2. The molecule has 0 bridgehead atoms. The average Bonchev–Trinajstić information content (AvgIpc) is 2.84. The molecule has 0 spiro atoms. The molecule has 0 amide bonds. The Bertz CT molecular complexity index is 531. The van der Waals surface area contributed by atoms with Crippen molar-refractivity contribution in [3.8, 4) is 0 Å². The molecule has 0 unspecified atom stereocenters. The number of Topliss-reactive ketones (excluding diaryl/α,β-unsaturated/α-hetero) is 1. The minimum atomic E-state index is -0.278. The van der Waals surface area contributed by atoms with Crippen molar-refractivity contribution in [1.29, 1.82) is 0 Å². The summed E-state index contributed by atoms with van der Waals surface area (Å²) in [6.45, 7) is 6.43. The van der Waals surface area contributed by atoms with E-state index in [2.05, 4.69) is 13.8 Å². The van der Waals surface area contributed by atoms with E-state index in [1.165, 1.54) is 12.8 Å². The molecule has 0 saturated heterocycles. The summed E-state index contributed by atoms with van der Waals surface area (Å²) < 4.78 is 0. The summed E-state index contributed by atoms with van der Waals surface area (Å²) in [5, 5.41) is 21.3. The van der Waals surface area contributed by atoms with E-state index in [1.807, 2.05) is 0 Å². The number of ketones is 1. The molecule has 24 heavy (non-hydrogen) atoms. The monoisotopic (exact) mass is 334 g/mol. The van der Waals surface area contributed by atoms with E-state index >= 15 is 0 Å². The van der Waals surface area contributed by atoms with Gasteiger partial charge in [0.05, 0.1) is 12.2 Å². The highest BCUT2D eigenvalue weighted by atomic mass is 16.3. The average molecular weight is 335 g/mol. The molecule has 3 heteroatoms. The lowest BCUT2D eigenvalue weighted by molar-refractivity contribution is -0.178. The van der Waals surface area contributed by atoms with Crippen LogP contribution in [0.5, 0.6) is 0 Å². The first kappa shape index (κ1) is 17.0. The fourth-order valence-corrected chi connectivity index (χ4v) is 8.03. The van der Waals surface area contributed by atoms with Crippen LogP contribution in [0, 0.1) is 40.4 Å². The summed E-state index contributed by atoms with van der Waals surface area (Å²) >= 11 is 0. The van der Waals surface area contributed by atoms with Gasteiger partial charge in [0.2, 0.25) is 0 Å². The van der Waals surface area contributed by atoms with E-state index in [9.17, 15) is 15.0 Å². The van der Waals surface area contributed by atoms with E-state index in [4.69, 9.17) is 0 Å². The highest BCUT2D eigenvalue weighted by molar-refractivity contribution is 5.79. The highest BCUT2D eigenvalue weighted by Gasteiger charge is 2.63. The van der Waals surface area contributed by atoms with E-state index in [1.54, 1.807) is 6.92 Å². The van der Waals surface area contributed by atoms with Crippen molar-refractivity contribution in [2.45, 2.75) is 84.3 Å². The third kappa shape index (κ3) is 2.19. The van der Waals surface area contributed by atoms with Crippen LogP contribution >= 0.6 is 0 Å². The number of carbonyl (C=O) groups excluding carboxylic acids is 1. The molecule has 4 aliphatic carbocycles. The van der Waals surface area contributed by atoms with E-state index in [0.29, 0.717) is 29.5 Å². The molecule has 0 heterocycles. The minimum absolute atomic E-state index is 0.00376. The van der Waals surface area contributed by atoms with Gasteiger partial charge < -0.3 is 10.2 Å². The van der Waals surface area contributed by atoms with Gasteiger partial charge in [-0.15, -0.1) is 0 Å². The van der Waals surface area contributed by atoms with Gasteiger partial charge in [0.1, 0.15) is 5.78 Å². The van der Waals surface area contributed by atoms with E-state index < -0.39 is 0 Å². The third-order valence-electron chi connectivity index (χ3n) is 9.06. The maximum atomic E-state index is 12.2. The second-order valence-corrected chi connectivity index (χ2v) is 10.0. The molecule has 0 aliphatic heterocycles. The molecule has 0 aromatic heterocycles. The number of hydrogen-bond donors (Lipinski definition) is 2. The molecule has 136 valence electrons. The fourth-order valence-electron chi connectivity index (χ4n) is 8.03. The quantitative estimate of drug-likeness (QED) is 0.771. The second-order valence-electron chi connectivity index (χ2n) is 10.0. The van der Waals surface area contributed by atoms with Gasteiger partial charge in [-0.3, -0.25) is 4.79 Å². The standard InChI is InChI=1S/C21H34O3/c1-12(22)16-6-7-17-15-5-4-13-10-14(23)8-9-20(13,2)19(15)18(24)11-21(16,17)3/h13-19,23-24H,4-11H2,1-3H3/t13-,14-,15+,16-,17+,18-,19-,20-,21+/m0/s1. The Hall–Kier alpha value is -0.410. The molecule has 4 aliphatic rings. The largest absolute Gasteiger partial charge is 0.393 e. The Balaban J connectivity index is 1.67. The van der Waals surface area contributed by atoms with Gasteiger partial charge in [-0.1, -0.05) is 13.8 Å². The lowest BCUT2D eigenvalue weighted by atomic mass is 9.44. The normalized spacial score (nSPS) is 57.0. The van der Waals surface area contributed by atoms with Gasteiger partial charge in [-0.2, -0.15) is 0 Å². The maximum Gasteiger partial charge on any atom is 0.133 e. The topological polar surface area (TPSA) is 57.5 Å². The predicted octanol–water partition coefficient (Wildman–Crippen LogP) is 3.57. The summed E-state index contributed by atoms with van der Waals surface area (Å²) in [6.07, 6.45) is 7.80. The van der Waals surface area contributed by atoms with Gasteiger partial charge in [-0.05, 0) is 92.8 Å². The van der Waals surface area contributed by atoms with Gasteiger partial charge in [0.15, 0.2) is 0 Å². The highest BCUT2D eigenvalue weighted by Crippen LogP contribution is 2.67. The number of carbonyl (C=O) groups is 1. The fraction of sp³-hybridized carbons (Fsp3) is 0.952. The summed E-state index contributed by atoms with van der Waals surface area (Å²) in [4.78, 5) is 12.2. The summed E-state index contributed by atoms with van der Waals surface area (Å²) in [5.74, 6) is 2.58. The van der Waals surface area contributed by atoms with Crippen LogP contribution in [0.25, 0.3) is 0 Å². The summed E-state index contributed by atoms with van der Waals surface area (Å²) in [7, 11) is 0. The van der Waals surface area contributed by atoms with Crippen LogP contribution < -0.4 is 0 Å². The molecule has 2 N–H and O–H groups in total. The lowest BCUT2D eigenvalue weighted by Gasteiger charge is -2.62. The van der Waals surface area contributed by atoms with Crippen molar-refractivity contribution < 1.29 is 15.0 Å². The summed E-state index contributed by atoms with van der Waals surface area (Å²) in [5.41, 5.74) is 0.182. The van der Waals surface area contributed by atoms with Gasteiger partial charge in [0.25, 0.3) is 0 Å². The molecule has 0 radical (unpaired) electrons. The van der Waals surface area contributed by atoms with Crippen LogP contribution in [0.15, 0.2) is 0 Å². The molecule has 4 saturated carbocycles. The van der Waals surface area contributed by atoms with Crippen molar-refractivity contribution in [2.24, 2.45) is 40.4 Å². The molecule has 4 fully saturated rings. The number of rotatable bonds is 1. The first-order chi connectivity index (χ1) is 11.3. The number of aliphatic hydroxyl groups excluding tert-OH is 2. The van der Waals surface area contributed by atoms with Crippen LogP contribution in [0.2, 0.25) is 0 Å². The van der Waals surface area contributed by atoms with Crippen molar-refractivity contribution in [3.05, 3.63) is 0 Å². The maximum absolute atomic E-state index is 12.2. The SMILES string of the molecule is CC(=O)[C@@H]1CC[C@@H]2[C@H]3CC[C@H]4C[C@@H](O)CC[C@]4(C)[C@@H]3[C@@H](O)C[C@@]21C. The third-order valence-corrected chi connectivity index (χ3v) is 9.06. The summed E-state index contributed by atoms with van der Waals surface area (Å²) in [6, 6.07) is 0. The van der Waals surface area contributed by atoms with Crippen LogP contribution in [0.1, 0.15) is 72.1 Å². The zero-order chi connectivity index (χ0) is 17.3. The van der Waals surface area contributed by atoms with Gasteiger partial charge in [0, 0.05) is 5.92 Å².